The van der Waals surface area contributed by atoms with Gasteiger partial charge in [0.2, 0.25) is 0 Å². The number of rotatable bonds is 5. The summed E-state index contributed by atoms with van der Waals surface area (Å²) in [5.41, 5.74) is 5.33. The molecule has 1 atom stereocenters. The topological polar surface area (TPSA) is 0 Å². The summed E-state index contributed by atoms with van der Waals surface area (Å²) in [5, 5.41) is 0. The summed E-state index contributed by atoms with van der Waals surface area (Å²) >= 11 is 0. The third kappa shape index (κ3) is 4.00. The van der Waals surface area contributed by atoms with Gasteiger partial charge in [-0.25, -0.2) is 0 Å². The van der Waals surface area contributed by atoms with Crippen molar-refractivity contribution in [1.29, 1.82) is 0 Å². The van der Waals surface area contributed by atoms with Gasteiger partial charge in [0.1, 0.15) is 0 Å². The van der Waals surface area contributed by atoms with E-state index in [0.29, 0.717) is 5.92 Å². The van der Waals surface area contributed by atoms with Crippen LogP contribution in [0.4, 0.5) is 0 Å². The van der Waals surface area contributed by atoms with Crippen LogP contribution in [0.15, 0.2) is 42.7 Å². The highest BCUT2D eigenvalue weighted by molar-refractivity contribution is 5.08. The van der Waals surface area contributed by atoms with Gasteiger partial charge in [-0.05, 0) is 31.3 Å². The minimum atomic E-state index is 0.511. The van der Waals surface area contributed by atoms with E-state index in [0.717, 1.165) is 12.8 Å². The molecule has 0 N–H and O–H groups in total. The van der Waals surface area contributed by atoms with Crippen molar-refractivity contribution in [3.05, 3.63) is 42.7 Å². The van der Waals surface area contributed by atoms with Crippen LogP contribution >= 0.6 is 0 Å². The van der Waals surface area contributed by atoms with Crippen molar-refractivity contribution in [2.24, 2.45) is 5.92 Å². The van der Waals surface area contributed by atoms with Crippen molar-refractivity contribution in [2.75, 3.05) is 0 Å². The number of allylic oxidation sites excluding steroid dienone is 3. The molecule has 0 aliphatic carbocycles. The molecule has 66 valence electrons. The van der Waals surface area contributed by atoms with Crippen LogP contribution < -0.4 is 0 Å². The van der Waals surface area contributed by atoms with Gasteiger partial charge in [0.25, 0.3) is 0 Å². The van der Waals surface area contributed by atoms with Gasteiger partial charge in [-0.15, -0.1) is 12.3 Å². The van der Waals surface area contributed by atoms with Crippen molar-refractivity contribution >= 4 is 0 Å². The third-order valence-corrected chi connectivity index (χ3v) is 2.02. The van der Waals surface area contributed by atoms with Crippen LogP contribution in [0.1, 0.15) is 26.7 Å². The van der Waals surface area contributed by atoms with Gasteiger partial charge in [-0.1, -0.05) is 31.7 Å². The van der Waals surface area contributed by atoms with Gasteiger partial charge in [-0.3, -0.25) is 0 Å². The minimum absolute atomic E-state index is 0.511. The van der Waals surface area contributed by atoms with E-state index in [9.17, 15) is 0 Å². The van der Waals surface area contributed by atoms with E-state index in [4.69, 9.17) is 0 Å². The highest BCUT2D eigenvalue weighted by Crippen LogP contribution is 2.19. The maximum atomic E-state index is 4.00. The normalized spacial score (nSPS) is 11.5. The van der Waals surface area contributed by atoms with Crippen LogP contribution in [0.3, 0.4) is 0 Å². The fourth-order valence-corrected chi connectivity index (χ4v) is 1.06. The maximum Gasteiger partial charge on any atom is -0.0141 e. The average Bonchev–Trinajstić information content (AvgIpc) is 2.04. The molecule has 0 fully saturated rings. The lowest BCUT2D eigenvalue weighted by molar-refractivity contribution is 0.661. The zero-order chi connectivity index (χ0) is 9.56. The summed E-state index contributed by atoms with van der Waals surface area (Å²) in [7, 11) is 0. The zero-order valence-corrected chi connectivity index (χ0v) is 8.19. The molecule has 0 aromatic rings. The van der Waals surface area contributed by atoms with Gasteiger partial charge in [0.15, 0.2) is 0 Å². The second kappa shape index (κ2) is 5.62. The first kappa shape index (κ1) is 11.0. The average molecular weight is 162 g/mol. The third-order valence-electron chi connectivity index (χ3n) is 2.02. The Balaban J connectivity index is 4.03. The fraction of sp³-hybridized carbons (Fsp3) is 0.417. The maximum absolute atomic E-state index is 4.00. The van der Waals surface area contributed by atoms with E-state index in [1.807, 2.05) is 13.0 Å². The molecular weight excluding hydrogens is 144 g/mol. The smallest absolute Gasteiger partial charge is 0.0141 e. The largest absolute Gasteiger partial charge is 0.130 e. The van der Waals surface area contributed by atoms with E-state index in [-0.39, 0.29) is 0 Å². The summed E-state index contributed by atoms with van der Waals surface area (Å²) in [6, 6.07) is 0. The van der Waals surface area contributed by atoms with Crippen LogP contribution in [-0.2, 0) is 0 Å². The van der Waals surface area contributed by atoms with E-state index in [2.05, 4.69) is 32.4 Å². The molecule has 0 heteroatoms. The Morgan fingerprint density at radius 3 is 2.58 bits per heavy atom. The Hall–Kier alpha value is -1.00. The van der Waals surface area contributed by atoms with Crippen LogP contribution in [0.25, 0.3) is 0 Å². The molecule has 0 rings (SSSR count). The highest BCUT2D eigenvalue weighted by atomic mass is 14.1. The number of hydrogen-bond donors (Lipinski definition) is 0. The molecule has 0 saturated heterocycles. The standard InChI is InChI=1S/C12H18/c1-6-8-11(4)12(5)9-10(3)7-2/h6,12H,1-2,4,8-9H2,3,5H3. The van der Waals surface area contributed by atoms with Crippen LogP contribution in [-0.4, -0.2) is 0 Å². The van der Waals surface area contributed by atoms with Gasteiger partial charge in [-0.2, -0.15) is 0 Å². The Kier molecular flexibility index (Phi) is 5.16. The highest BCUT2D eigenvalue weighted by Gasteiger charge is 2.05. The summed E-state index contributed by atoms with van der Waals surface area (Å²) in [6.45, 7) is 15.5. The predicted octanol–water partition coefficient (Wildman–Crippen LogP) is 3.88. The summed E-state index contributed by atoms with van der Waals surface area (Å²) in [6.07, 6.45) is 3.81. The second-order valence-corrected chi connectivity index (χ2v) is 3.21. The summed E-state index contributed by atoms with van der Waals surface area (Å²) in [5.74, 6) is 0.511. The lowest BCUT2D eigenvalue weighted by atomic mass is 9.93. The molecule has 0 radical (unpaired) electrons. The molecule has 0 saturated carbocycles. The molecule has 0 aliphatic rings. The van der Waals surface area contributed by atoms with E-state index in [1.54, 1.807) is 0 Å². The monoisotopic (exact) mass is 162 g/mol. The molecular formula is C12H18. The summed E-state index contributed by atoms with van der Waals surface area (Å²) < 4.78 is 0. The molecule has 0 spiro atoms. The Labute approximate surface area is 76.0 Å². The number of hydrogen-bond acceptors (Lipinski definition) is 0. The van der Waals surface area contributed by atoms with Crippen LogP contribution in [0, 0.1) is 5.92 Å². The second-order valence-electron chi connectivity index (χ2n) is 3.21. The molecule has 0 aromatic heterocycles. The van der Waals surface area contributed by atoms with Gasteiger partial charge in [0, 0.05) is 0 Å². The van der Waals surface area contributed by atoms with E-state index < -0.39 is 0 Å². The zero-order valence-electron chi connectivity index (χ0n) is 8.19. The first-order chi connectivity index (χ1) is 5.61. The molecule has 0 amide bonds. The van der Waals surface area contributed by atoms with Crippen LogP contribution in [0.5, 0.6) is 0 Å². The van der Waals surface area contributed by atoms with Gasteiger partial charge >= 0.3 is 0 Å². The van der Waals surface area contributed by atoms with E-state index >= 15 is 0 Å². The summed E-state index contributed by atoms with van der Waals surface area (Å²) in [4.78, 5) is 0. The molecule has 0 aliphatic heterocycles. The van der Waals surface area contributed by atoms with E-state index in [1.165, 1.54) is 11.1 Å². The van der Waals surface area contributed by atoms with Crippen molar-refractivity contribution in [2.45, 2.75) is 26.7 Å². The predicted molar refractivity (Wildman–Crippen MR) is 56.1 cm³/mol. The molecule has 1 unspecified atom stereocenters. The van der Waals surface area contributed by atoms with Crippen molar-refractivity contribution in [1.82, 2.24) is 0 Å². The van der Waals surface area contributed by atoms with Gasteiger partial charge in [0.05, 0.1) is 0 Å². The first-order valence-corrected chi connectivity index (χ1v) is 4.25. The molecule has 0 bridgehead atoms. The molecule has 0 heterocycles. The lowest BCUT2D eigenvalue weighted by Crippen LogP contribution is -1.97. The Morgan fingerprint density at radius 1 is 1.58 bits per heavy atom. The fourth-order valence-electron chi connectivity index (χ4n) is 1.06. The van der Waals surface area contributed by atoms with Gasteiger partial charge < -0.3 is 0 Å². The Morgan fingerprint density at radius 2 is 2.17 bits per heavy atom. The van der Waals surface area contributed by atoms with Crippen molar-refractivity contribution in [3.8, 4) is 0 Å². The minimum Gasteiger partial charge on any atom is -0.130 e. The SMILES string of the molecule is C=C=C(C)CC(C)C(=C)CC=C. The quantitative estimate of drug-likeness (QED) is 0.425. The molecule has 0 aromatic carbocycles. The Bertz CT molecular complexity index is 214. The van der Waals surface area contributed by atoms with Crippen molar-refractivity contribution < 1.29 is 0 Å². The lowest BCUT2D eigenvalue weighted by Gasteiger charge is -2.12. The molecule has 0 nitrogen and oxygen atoms in total. The molecule has 12 heavy (non-hydrogen) atoms. The first-order valence-electron chi connectivity index (χ1n) is 4.25. The van der Waals surface area contributed by atoms with Crippen molar-refractivity contribution in [3.63, 3.8) is 0 Å². The van der Waals surface area contributed by atoms with Crippen LogP contribution in [0.2, 0.25) is 0 Å².